The molecule has 3 N–H and O–H groups in total. The number of amides is 1. The van der Waals surface area contributed by atoms with Crippen LogP contribution in [0, 0.1) is 11.8 Å². The molecule has 0 atom stereocenters. The third-order valence-corrected chi connectivity index (χ3v) is 3.85. The van der Waals surface area contributed by atoms with Gasteiger partial charge in [-0.1, -0.05) is 0 Å². The van der Waals surface area contributed by atoms with E-state index in [2.05, 4.69) is 10.3 Å². The van der Waals surface area contributed by atoms with Gasteiger partial charge in [0.15, 0.2) is 0 Å². The van der Waals surface area contributed by atoms with Gasteiger partial charge in [0, 0.05) is 31.5 Å². The number of nitrogens with one attached hydrogen (secondary N) is 2. The van der Waals surface area contributed by atoms with E-state index in [1.54, 1.807) is 0 Å². The van der Waals surface area contributed by atoms with Crippen LogP contribution < -0.4 is 5.32 Å². The highest BCUT2D eigenvalue weighted by Crippen LogP contribution is 2.28. The van der Waals surface area contributed by atoms with E-state index in [-0.39, 0.29) is 18.4 Å². The molecule has 100 valence electrons. The Balaban J connectivity index is 1.66. The Hall–Kier alpha value is -1.29. The van der Waals surface area contributed by atoms with Crippen molar-refractivity contribution in [3.63, 3.8) is 0 Å². The van der Waals surface area contributed by atoms with Gasteiger partial charge in [0.2, 0.25) is 5.91 Å². The zero-order chi connectivity index (χ0) is 12.8. The Bertz CT molecular complexity index is 354. The number of carbonyl (C=O) groups is 1. The second-order valence-electron chi connectivity index (χ2n) is 5.16. The van der Waals surface area contributed by atoms with Gasteiger partial charge in [0.1, 0.15) is 0 Å². The minimum atomic E-state index is 0.152. The summed E-state index contributed by atoms with van der Waals surface area (Å²) in [5.74, 6) is 0.745. The van der Waals surface area contributed by atoms with Crippen molar-refractivity contribution in [1.29, 1.82) is 0 Å². The first-order valence-electron chi connectivity index (χ1n) is 6.80. The fourth-order valence-corrected chi connectivity index (χ4v) is 2.60. The van der Waals surface area contributed by atoms with Gasteiger partial charge in [-0.3, -0.25) is 4.79 Å². The summed E-state index contributed by atoms with van der Waals surface area (Å²) in [6, 6.07) is 2.03. The lowest BCUT2D eigenvalue weighted by molar-refractivity contribution is -0.126. The normalized spacial score (nSPS) is 23.8. The Morgan fingerprint density at radius 1 is 1.39 bits per heavy atom. The highest BCUT2D eigenvalue weighted by Gasteiger charge is 2.25. The molecule has 4 nitrogen and oxygen atoms in total. The van der Waals surface area contributed by atoms with Crippen LogP contribution in [0.4, 0.5) is 0 Å². The summed E-state index contributed by atoms with van der Waals surface area (Å²) in [6.45, 7) is 0.971. The summed E-state index contributed by atoms with van der Waals surface area (Å²) in [5.41, 5.74) is 1.22. The number of aromatic nitrogens is 1. The number of hydrogen-bond donors (Lipinski definition) is 3. The molecule has 0 unspecified atom stereocenters. The molecule has 0 spiro atoms. The van der Waals surface area contributed by atoms with Crippen molar-refractivity contribution in [3.8, 4) is 0 Å². The van der Waals surface area contributed by atoms with Gasteiger partial charge >= 0.3 is 0 Å². The first kappa shape index (κ1) is 13.1. The molecule has 0 bridgehead atoms. The lowest BCUT2D eigenvalue weighted by Crippen LogP contribution is -2.34. The Labute approximate surface area is 108 Å². The summed E-state index contributed by atoms with van der Waals surface area (Å²) in [4.78, 5) is 14.9. The standard InChI is InChI=1S/C14H22N2O2/c17-10-12-1-3-13(4-2-12)14(18)16-8-6-11-5-7-15-9-11/h5,7,9,12-13,15,17H,1-4,6,8,10H2,(H,16,18). The van der Waals surface area contributed by atoms with Gasteiger partial charge < -0.3 is 15.4 Å². The Kier molecular flexibility index (Phi) is 4.81. The average Bonchev–Trinajstić information content (AvgIpc) is 2.92. The van der Waals surface area contributed by atoms with Gasteiger partial charge in [0.05, 0.1) is 0 Å². The topological polar surface area (TPSA) is 65.1 Å². The molecular formula is C14H22N2O2. The maximum atomic E-state index is 11.9. The second kappa shape index (κ2) is 6.59. The third kappa shape index (κ3) is 3.60. The van der Waals surface area contributed by atoms with Gasteiger partial charge in [-0.25, -0.2) is 0 Å². The fourth-order valence-electron chi connectivity index (χ4n) is 2.60. The summed E-state index contributed by atoms with van der Waals surface area (Å²) in [7, 11) is 0. The smallest absolute Gasteiger partial charge is 0.223 e. The number of H-pyrrole nitrogens is 1. The first-order valence-corrected chi connectivity index (χ1v) is 6.80. The van der Waals surface area contributed by atoms with Crippen LogP contribution in [0.15, 0.2) is 18.5 Å². The molecule has 0 aliphatic heterocycles. The predicted octanol–water partition coefficient (Wildman–Crippen LogP) is 1.47. The largest absolute Gasteiger partial charge is 0.396 e. The summed E-state index contributed by atoms with van der Waals surface area (Å²) in [6.07, 6.45) is 8.52. The van der Waals surface area contributed by atoms with Crippen LogP contribution in [0.3, 0.4) is 0 Å². The molecule has 1 aliphatic rings. The number of aliphatic hydroxyl groups is 1. The molecule has 1 saturated carbocycles. The lowest BCUT2D eigenvalue weighted by Gasteiger charge is -2.26. The van der Waals surface area contributed by atoms with Crippen molar-refractivity contribution in [2.24, 2.45) is 11.8 Å². The number of hydrogen-bond acceptors (Lipinski definition) is 2. The van der Waals surface area contributed by atoms with E-state index in [0.717, 1.165) is 32.1 Å². The van der Waals surface area contributed by atoms with Crippen molar-refractivity contribution in [3.05, 3.63) is 24.0 Å². The van der Waals surface area contributed by atoms with Crippen molar-refractivity contribution in [2.75, 3.05) is 13.2 Å². The predicted molar refractivity (Wildman–Crippen MR) is 70.0 cm³/mol. The second-order valence-corrected chi connectivity index (χ2v) is 5.16. The molecule has 4 heteroatoms. The van der Waals surface area contributed by atoms with E-state index in [0.29, 0.717) is 12.5 Å². The Morgan fingerprint density at radius 2 is 2.17 bits per heavy atom. The van der Waals surface area contributed by atoms with Crippen LogP contribution in [-0.2, 0) is 11.2 Å². The van der Waals surface area contributed by atoms with Crippen LogP contribution in [-0.4, -0.2) is 29.1 Å². The molecule has 0 radical (unpaired) electrons. The Morgan fingerprint density at radius 3 is 2.78 bits per heavy atom. The molecule has 0 saturated heterocycles. The quantitative estimate of drug-likeness (QED) is 0.741. The summed E-state index contributed by atoms with van der Waals surface area (Å²) < 4.78 is 0. The highest BCUT2D eigenvalue weighted by atomic mass is 16.3. The molecule has 1 aliphatic carbocycles. The van der Waals surface area contributed by atoms with Crippen molar-refractivity contribution in [1.82, 2.24) is 10.3 Å². The minimum absolute atomic E-state index is 0.152. The van der Waals surface area contributed by atoms with Crippen LogP contribution >= 0.6 is 0 Å². The SMILES string of the molecule is O=C(NCCc1cc[nH]c1)C1CCC(CO)CC1. The van der Waals surface area contributed by atoms with E-state index in [1.165, 1.54) is 5.56 Å². The zero-order valence-corrected chi connectivity index (χ0v) is 10.7. The minimum Gasteiger partial charge on any atom is -0.396 e. The van der Waals surface area contributed by atoms with Gasteiger partial charge in [-0.15, -0.1) is 0 Å². The molecule has 0 aromatic carbocycles. The van der Waals surface area contributed by atoms with Crippen LogP contribution in [0.5, 0.6) is 0 Å². The first-order chi connectivity index (χ1) is 8.79. The van der Waals surface area contributed by atoms with E-state index >= 15 is 0 Å². The molecule has 1 aromatic rings. The van der Waals surface area contributed by atoms with Crippen molar-refractivity contribution < 1.29 is 9.90 Å². The van der Waals surface area contributed by atoms with Crippen LogP contribution in [0.2, 0.25) is 0 Å². The summed E-state index contributed by atoms with van der Waals surface area (Å²) >= 11 is 0. The van der Waals surface area contributed by atoms with Crippen molar-refractivity contribution >= 4 is 5.91 Å². The molecular weight excluding hydrogens is 228 g/mol. The average molecular weight is 250 g/mol. The van der Waals surface area contributed by atoms with Gasteiger partial charge in [-0.05, 0) is 49.7 Å². The third-order valence-electron chi connectivity index (χ3n) is 3.85. The van der Waals surface area contributed by atoms with Crippen LogP contribution in [0.25, 0.3) is 0 Å². The maximum absolute atomic E-state index is 11.9. The highest BCUT2D eigenvalue weighted by molar-refractivity contribution is 5.78. The zero-order valence-electron chi connectivity index (χ0n) is 10.7. The van der Waals surface area contributed by atoms with Crippen molar-refractivity contribution in [2.45, 2.75) is 32.1 Å². The fraction of sp³-hybridized carbons (Fsp3) is 0.643. The molecule has 2 rings (SSSR count). The van der Waals surface area contributed by atoms with E-state index in [9.17, 15) is 4.79 Å². The van der Waals surface area contributed by atoms with Crippen LogP contribution in [0.1, 0.15) is 31.2 Å². The number of aliphatic hydroxyl groups excluding tert-OH is 1. The molecule has 1 fully saturated rings. The summed E-state index contributed by atoms with van der Waals surface area (Å²) in [5, 5.41) is 12.1. The number of rotatable bonds is 5. The number of aromatic amines is 1. The molecule has 18 heavy (non-hydrogen) atoms. The van der Waals surface area contributed by atoms with E-state index in [1.807, 2.05) is 18.5 Å². The molecule has 1 amide bonds. The lowest BCUT2D eigenvalue weighted by atomic mass is 9.82. The maximum Gasteiger partial charge on any atom is 0.223 e. The number of carbonyl (C=O) groups excluding carboxylic acids is 1. The van der Waals surface area contributed by atoms with Gasteiger partial charge in [-0.2, -0.15) is 0 Å². The van der Waals surface area contributed by atoms with E-state index < -0.39 is 0 Å². The van der Waals surface area contributed by atoms with E-state index in [4.69, 9.17) is 5.11 Å². The molecule has 1 aromatic heterocycles. The molecule has 1 heterocycles. The van der Waals surface area contributed by atoms with Gasteiger partial charge in [0.25, 0.3) is 0 Å². The monoisotopic (exact) mass is 250 g/mol.